The Morgan fingerprint density at radius 1 is 1.02 bits per heavy atom. The van der Waals surface area contributed by atoms with Gasteiger partial charge in [-0.3, -0.25) is 19.7 Å². The lowest BCUT2D eigenvalue weighted by molar-refractivity contribution is -0.127. The molecule has 1 amide bonds. The Balaban J connectivity index is 1.38. The molecular weight excluding hydrogens is 548 g/mol. The first-order valence-electron chi connectivity index (χ1n) is 13.6. The molecule has 5 aromatic rings. The summed E-state index contributed by atoms with van der Waals surface area (Å²) in [5.41, 5.74) is 12.8. The number of thiophene rings is 1. The lowest BCUT2D eigenvalue weighted by Gasteiger charge is -2.18. The molecule has 0 spiro atoms. The van der Waals surface area contributed by atoms with Gasteiger partial charge in [-0.15, -0.1) is 11.3 Å². The first-order valence-corrected chi connectivity index (χ1v) is 14.4. The van der Waals surface area contributed by atoms with Crippen LogP contribution in [0.2, 0.25) is 0 Å². The van der Waals surface area contributed by atoms with E-state index in [-0.39, 0.29) is 11.7 Å². The summed E-state index contributed by atoms with van der Waals surface area (Å²) < 4.78 is 0. The number of carbonyl (C=O) groups is 2. The zero-order valence-electron chi connectivity index (χ0n) is 23.7. The van der Waals surface area contributed by atoms with Gasteiger partial charge in [-0.05, 0) is 62.2 Å². The van der Waals surface area contributed by atoms with Crippen LogP contribution in [-0.2, 0) is 4.79 Å². The van der Waals surface area contributed by atoms with Crippen molar-refractivity contribution >= 4 is 50.7 Å². The summed E-state index contributed by atoms with van der Waals surface area (Å²) >= 11 is 1.39. The van der Waals surface area contributed by atoms with E-state index in [0.717, 1.165) is 28.8 Å². The summed E-state index contributed by atoms with van der Waals surface area (Å²) in [4.78, 5) is 43.8. The molecule has 5 heterocycles. The fraction of sp³-hybridized carbons (Fsp3) is 0.226. The number of aromatic amines is 2. The first-order chi connectivity index (χ1) is 20.1. The molecule has 0 radical (unpaired) electrons. The van der Waals surface area contributed by atoms with Crippen molar-refractivity contribution in [3.8, 4) is 22.1 Å². The number of rotatable bonds is 7. The van der Waals surface area contributed by atoms with Gasteiger partial charge in [-0.1, -0.05) is 26.3 Å². The van der Waals surface area contributed by atoms with E-state index in [1.165, 1.54) is 23.1 Å². The second-order valence-electron chi connectivity index (χ2n) is 11.3. The van der Waals surface area contributed by atoms with Crippen LogP contribution in [0.4, 0.5) is 0 Å². The number of aromatic nitrogens is 6. The summed E-state index contributed by atoms with van der Waals surface area (Å²) in [6, 6.07) is 9.30. The van der Waals surface area contributed by atoms with Crippen molar-refractivity contribution in [3.05, 3.63) is 76.7 Å². The van der Waals surface area contributed by atoms with Crippen LogP contribution < -0.4 is 11.1 Å². The number of ketones is 1. The maximum atomic E-state index is 12.8. The Bertz CT molecular complexity index is 1960. The van der Waals surface area contributed by atoms with Gasteiger partial charge in [0.1, 0.15) is 16.7 Å². The van der Waals surface area contributed by atoms with Crippen LogP contribution in [0, 0.1) is 5.41 Å². The van der Waals surface area contributed by atoms with E-state index in [2.05, 4.69) is 25.5 Å². The molecule has 0 bridgehead atoms. The SMILES string of the molecule is CC(=O)c1ccc(-c2nccc3[nH]c(-c4n[nH]c5ccc(C(/C=C(\C=C6CC6)NC(=O)C(C)(C)C)=C/N)nc45)nc23)s1. The Morgan fingerprint density at radius 3 is 2.50 bits per heavy atom. The molecule has 1 aliphatic carbocycles. The van der Waals surface area contributed by atoms with Crippen LogP contribution in [0.3, 0.4) is 0 Å². The molecule has 0 saturated heterocycles. The van der Waals surface area contributed by atoms with Gasteiger partial charge in [0.2, 0.25) is 5.91 Å². The van der Waals surface area contributed by atoms with E-state index in [1.54, 1.807) is 19.2 Å². The fourth-order valence-electron chi connectivity index (χ4n) is 4.35. The molecule has 5 N–H and O–H groups in total. The zero-order chi connectivity index (χ0) is 29.6. The third-order valence-electron chi connectivity index (χ3n) is 6.84. The number of fused-ring (bicyclic) bond motifs is 2. The number of imidazole rings is 1. The number of H-pyrrole nitrogens is 2. The lowest BCUT2D eigenvalue weighted by Crippen LogP contribution is -2.33. The quantitative estimate of drug-likeness (QED) is 0.139. The highest BCUT2D eigenvalue weighted by Gasteiger charge is 2.23. The molecule has 10 nitrogen and oxygen atoms in total. The van der Waals surface area contributed by atoms with Crippen LogP contribution in [0.25, 0.3) is 49.7 Å². The van der Waals surface area contributed by atoms with Crippen molar-refractivity contribution in [2.45, 2.75) is 40.5 Å². The monoisotopic (exact) mass is 578 g/mol. The Kier molecular flexibility index (Phi) is 6.82. The number of nitrogens with zero attached hydrogens (tertiary/aromatic N) is 4. The average Bonchev–Trinajstić information content (AvgIpc) is 3.32. The molecule has 6 rings (SSSR count). The highest BCUT2D eigenvalue weighted by atomic mass is 32.1. The minimum absolute atomic E-state index is 0.0136. The Labute approximate surface area is 245 Å². The molecule has 1 aliphatic rings. The molecule has 212 valence electrons. The maximum absolute atomic E-state index is 12.8. The van der Waals surface area contributed by atoms with Crippen LogP contribution in [0.5, 0.6) is 0 Å². The number of nitrogens with two attached hydrogens (primary N) is 1. The third kappa shape index (κ3) is 5.38. The number of pyridine rings is 2. The second kappa shape index (κ2) is 10.5. The smallest absolute Gasteiger partial charge is 0.229 e. The van der Waals surface area contributed by atoms with Crippen molar-refractivity contribution in [2.75, 3.05) is 0 Å². The van der Waals surface area contributed by atoms with Crippen molar-refractivity contribution < 1.29 is 9.59 Å². The Hall–Kier alpha value is -4.90. The highest BCUT2D eigenvalue weighted by molar-refractivity contribution is 7.17. The van der Waals surface area contributed by atoms with Gasteiger partial charge in [0.15, 0.2) is 17.3 Å². The predicted octanol–water partition coefficient (Wildman–Crippen LogP) is 5.89. The summed E-state index contributed by atoms with van der Waals surface area (Å²) in [5.74, 6) is 0.463. The molecule has 1 fully saturated rings. The molecule has 1 saturated carbocycles. The van der Waals surface area contributed by atoms with Crippen LogP contribution in [-0.4, -0.2) is 41.8 Å². The maximum Gasteiger partial charge on any atom is 0.229 e. The molecule has 11 heteroatoms. The summed E-state index contributed by atoms with van der Waals surface area (Å²) in [6.45, 7) is 7.18. The van der Waals surface area contributed by atoms with Gasteiger partial charge in [-0.25, -0.2) is 9.97 Å². The number of nitrogens with one attached hydrogen (secondary N) is 3. The third-order valence-corrected chi connectivity index (χ3v) is 8.04. The minimum Gasteiger partial charge on any atom is -0.404 e. The van der Waals surface area contributed by atoms with Crippen LogP contribution >= 0.6 is 11.3 Å². The fourth-order valence-corrected chi connectivity index (χ4v) is 5.25. The van der Waals surface area contributed by atoms with Crippen LogP contribution in [0.15, 0.2) is 66.2 Å². The van der Waals surface area contributed by atoms with Crippen LogP contribution in [0.1, 0.15) is 55.9 Å². The van der Waals surface area contributed by atoms with Gasteiger partial charge < -0.3 is 16.0 Å². The van der Waals surface area contributed by atoms with E-state index in [4.69, 9.17) is 15.7 Å². The summed E-state index contributed by atoms with van der Waals surface area (Å²) in [7, 11) is 0. The number of amides is 1. The number of carbonyl (C=O) groups excluding carboxylic acids is 2. The molecule has 0 aliphatic heterocycles. The van der Waals surface area contributed by atoms with E-state index < -0.39 is 5.41 Å². The second-order valence-corrected chi connectivity index (χ2v) is 12.3. The van der Waals surface area contributed by atoms with Gasteiger partial charge in [0, 0.05) is 29.1 Å². The molecule has 0 aromatic carbocycles. The van der Waals surface area contributed by atoms with Crippen molar-refractivity contribution in [1.29, 1.82) is 0 Å². The molecule has 0 unspecified atom stereocenters. The van der Waals surface area contributed by atoms with Gasteiger partial charge in [-0.2, -0.15) is 5.10 Å². The molecular formula is C31H30N8O2S. The van der Waals surface area contributed by atoms with E-state index >= 15 is 0 Å². The highest BCUT2D eigenvalue weighted by Crippen LogP contribution is 2.34. The van der Waals surface area contributed by atoms with E-state index in [1.807, 2.05) is 57.2 Å². The summed E-state index contributed by atoms with van der Waals surface area (Å²) in [5, 5.41) is 10.6. The van der Waals surface area contributed by atoms with Crippen molar-refractivity contribution in [3.63, 3.8) is 0 Å². The normalized spacial score (nSPS) is 14.0. The molecule has 42 heavy (non-hydrogen) atoms. The van der Waals surface area contributed by atoms with Gasteiger partial charge >= 0.3 is 0 Å². The predicted molar refractivity (Wildman–Crippen MR) is 165 cm³/mol. The van der Waals surface area contributed by atoms with E-state index in [0.29, 0.717) is 50.1 Å². The van der Waals surface area contributed by atoms with E-state index in [9.17, 15) is 9.59 Å². The zero-order valence-corrected chi connectivity index (χ0v) is 24.5. The van der Waals surface area contributed by atoms with Crippen molar-refractivity contribution in [2.24, 2.45) is 11.1 Å². The number of Topliss-reactive ketones (excluding diaryl/α,β-unsaturated/α-hetero) is 1. The number of hydrogen-bond donors (Lipinski definition) is 4. The average molecular weight is 579 g/mol. The summed E-state index contributed by atoms with van der Waals surface area (Å²) in [6.07, 6.45) is 9.08. The topological polar surface area (TPSA) is 155 Å². The van der Waals surface area contributed by atoms with Gasteiger partial charge in [0.25, 0.3) is 0 Å². The number of allylic oxidation sites excluding steroid dienone is 4. The van der Waals surface area contributed by atoms with Crippen molar-refractivity contribution in [1.82, 2.24) is 35.5 Å². The lowest BCUT2D eigenvalue weighted by atomic mass is 9.95. The minimum atomic E-state index is -0.544. The Morgan fingerprint density at radius 2 is 1.81 bits per heavy atom. The first kappa shape index (κ1) is 27.3. The largest absolute Gasteiger partial charge is 0.404 e. The van der Waals surface area contributed by atoms with Gasteiger partial charge in [0.05, 0.1) is 26.5 Å². The standard InChI is InChI=1S/C31H30N8O2S/c1-16(40)23-9-10-24(42-23)27-25-21(11-12-33-27)36-29(37-25)28-26-22(38-39-28)8-7-20(35-26)18(15-32)14-19(13-17-5-6-17)34-30(41)31(2,3)4/h7-15H,5-6,32H2,1-4H3,(H,34,41)(H,36,37)(H,38,39)/b18-15+,19-14+. The molecule has 5 aromatic heterocycles. The molecule has 0 atom stereocenters. The number of hydrogen-bond acceptors (Lipinski definition) is 8.